The van der Waals surface area contributed by atoms with Crippen molar-refractivity contribution in [3.63, 3.8) is 0 Å². The molecule has 1 aliphatic carbocycles. The second-order valence-electron chi connectivity index (χ2n) is 8.53. The van der Waals surface area contributed by atoms with Crippen LogP contribution in [0.5, 0.6) is 5.75 Å². The molecule has 0 unspecified atom stereocenters. The summed E-state index contributed by atoms with van der Waals surface area (Å²) in [5.41, 5.74) is 1.62. The second kappa shape index (κ2) is 9.48. The summed E-state index contributed by atoms with van der Waals surface area (Å²) in [7, 11) is 1.63. The summed E-state index contributed by atoms with van der Waals surface area (Å²) in [5, 5.41) is 15.4. The first-order valence-corrected chi connectivity index (χ1v) is 11.4. The van der Waals surface area contributed by atoms with Gasteiger partial charge in [0.15, 0.2) is 11.6 Å². The van der Waals surface area contributed by atoms with Crippen LogP contribution in [0.2, 0.25) is 0 Å². The van der Waals surface area contributed by atoms with Crippen LogP contribution >= 0.6 is 0 Å². The highest BCUT2D eigenvalue weighted by Crippen LogP contribution is 2.32. The van der Waals surface area contributed by atoms with Gasteiger partial charge in [-0.05, 0) is 49.9 Å². The molecule has 2 aliphatic rings. The Balaban J connectivity index is 1.22. The predicted octanol–water partition coefficient (Wildman–Crippen LogP) is 3.48. The number of carbonyl (C=O) groups excluding carboxylic acids is 1. The Morgan fingerprint density at radius 3 is 2.91 bits per heavy atom. The normalized spacial score (nSPS) is 18.1. The molecule has 9 nitrogen and oxygen atoms in total. The van der Waals surface area contributed by atoms with E-state index in [4.69, 9.17) is 9.26 Å². The van der Waals surface area contributed by atoms with Gasteiger partial charge < -0.3 is 24.4 Å². The highest BCUT2D eigenvalue weighted by Gasteiger charge is 2.39. The van der Waals surface area contributed by atoms with Gasteiger partial charge in [-0.25, -0.2) is 4.79 Å². The molecule has 1 saturated carbocycles. The maximum absolute atomic E-state index is 13.2. The molecule has 1 atom stereocenters. The SMILES string of the molecule is COc1cccc(-c2cc(CNC(=O)N(C3CC3)[C@@H]3CCCN(c4cccnn4)C3)on2)c1. The van der Waals surface area contributed by atoms with Crippen LogP contribution in [0.4, 0.5) is 10.6 Å². The number of aromatic nitrogens is 3. The first-order chi connectivity index (χ1) is 16.2. The number of hydrogen-bond donors (Lipinski definition) is 1. The highest BCUT2D eigenvalue weighted by molar-refractivity contribution is 5.75. The molecule has 1 aliphatic heterocycles. The Morgan fingerprint density at radius 2 is 2.12 bits per heavy atom. The summed E-state index contributed by atoms with van der Waals surface area (Å²) in [4.78, 5) is 17.4. The lowest BCUT2D eigenvalue weighted by molar-refractivity contribution is 0.159. The summed E-state index contributed by atoms with van der Waals surface area (Å²) in [5.74, 6) is 2.24. The minimum atomic E-state index is -0.0529. The molecule has 1 saturated heterocycles. The summed E-state index contributed by atoms with van der Waals surface area (Å²) in [6, 6.07) is 13.8. The maximum Gasteiger partial charge on any atom is 0.318 e. The number of benzene rings is 1. The van der Waals surface area contributed by atoms with Crippen LogP contribution in [0, 0.1) is 0 Å². The number of nitrogens with zero attached hydrogens (tertiary/aromatic N) is 5. The lowest BCUT2D eigenvalue weighted by atomic mass is 10.0. The van der Waals surface area contributed by atoms with Crippen molar-refractivity contribution in [2.45, 2.75) is 44.3 Å². The lowest BCUT2D eigenvalue weighted by Gasteiger charge is -2.39. The van der Waals surface area contributed by atoms with Gasteiger partial charge in [-0.15, -0.1) is 5.10 Å². The molecule has 2 aromatic heterocycles. The fourth-order valence-electron chi connectivity index (χ4n) is 4.40. The molecule has 0 bridgehead atoms. The average Bonchev–Trinajstić information content (AvgIpc) is 3.58. The van der Waals surface area contributed by atoms with Crippen LogP contribution in [-0.4, -0.2) is 58.6 Å². The third-order valence-electron chi connectivity index (χ3n) is 6.19. The lowest BCUT2D eigenvalue weighted by Crippen LogP contribution is -2.54. The molecule has 3 heterocycles. The Hall–Kier alpha value is -3.62. The van der Waals surface area contributed by atoms with Crippen molar-refractivity contribution in [1.82, 2.24) is 25.6 Å². The zero-order valence-electron chi connectivity index (χ0n) is 18.7. The Kier molecular flexibility index (Phi) is 6.10. The Labute approximate surface area is 192 Å². The van der Waals surface area contributed by atoms with Crippen molar-refractivity contribution in [3.05, 3.63) is 54.4 Å². The van der Waals surface area contributed by atoms with Crippen LogP contribution in [0.3, 0.4) is 0 Å². The molecule has 5 rings (SSSR count). The van der Waals surface area contributed by atoms with Crippen molar-refractivity contribution in [3.8, 4) is 17.0 Å². The first kappa shape index (κ1) is 21.2. The van der Waals surface area contributed by atoms with Crippen molar-refractivity contribution < 1.29 is 14.1 Å². The van der Waals surface area contributed by atoms with Crippen molar-refractivity contribution in [2.24, 2.45) is 0 Å². The van der Waals surface area contributed by atoms with Gasteiger partial charge in [-0.1, -0.05) is 17.3 Å². The van der Waals surface area contributed by atoms with Gasteiger partial charge in [0.25, 0.3) is 0 Å². The van der Waals surface area contributed by atoms with Gasteiger partial charge in [0.2, 0.25) is 0 Å². The van der Waals surface area contributed by atoms with Crippen molar-refractivity contribution in [2.75, 3.05) is 25.1 Å². The molecule has 3 aromatic rings. The van der Waals surface area contributed by atoms with E-state index in [9.17, 15) is 4.79 Å². The minimum absolute atomic E-state index is 0.0529. The fraction of sp³-hybridized carbons (Fsp3) is 0.417. The van der Waals surface area contributed by atoms with E-state index >= 15 is 0 Å². The van der Waals surface area contributed by atoms with E-state index in [1.54, 1.807) is 13.3 Å². The third kappa shape index (κ3) is 4.92. The van der Waals surface area contributed by atoms with E-state index in [1.165, 1.54) is 0 Å². The number of methoxy groups -OCH3 is 1. The fourth-order valence-corrected chi connectivity index (χ4v) is 4.40. The molecule has 33 heavy (non-hydrogen) atoms. The number of urea groups is 1. The number of carbonyl (C=O) groups is 1. The van der Waals surface area contributed by atoms with Gasteiger partial charge in [0, 0.05) is 37.0 Å². The molecule has 0 radical (unpaired) electrons. The average molecular weight is 449 g/mol. The summed E-state index contributed by atoms with van der Waals surface area (Å²) in [6.07, 6.45) is 5.79. The van der Waals surface area contributed by atoms with Gasteiger partial charge in [0.1, 0.15) is 11.4 Å². The number of amides is 2. The zero-order valence-corrected chi connectivity index (χ0v) is 18.7. The molecule has 172 valence electrons. The summed E-state index contributed by atoms with van der Waals surface area (Å²) < 4.78 is 10.8. The number of anilines is 1. The van der Waals surface area contributed by atoms with Crippen LogP contribution in [0.25, 0.3) is 11.3 Å². The van der Waals surface area contributed by atoms with Crippen molar-refractivity contribution >= 4 is 11.8 Å². The smallest absolute Gasteiger partial charge is 0.318 e. The zero-order chi connectivity index (χ0) is 22.6. The largest absolute Gasteiger partial charge is 0.497 e. The van der Waals surface area contributed by atoms with E-state index in [2.05, 4.69) is 25.6 Å². The van der Waals surface area contributed by atoms with Crippen LogP contribution in [0.1, 0.15) is 31.4 Å². The molecule has 2 amide bonds. The number of nitrogens with one attached hydrogen (secondary N) is 1. The summed E-state index contributed by atoms with van der Waals surface area (Å²) in [6.45, 7) is 1.99. The molecule has 0 spiro atoms. The number of rotatable bonds is 7. The van der Waals surface area contributed by atoms with E-state index in [-0.39, 0.29) is 12.1 Å². The maximum atomic E-state index is 13.2. The third-order valence-corrected chi connectivity index (χ3v) is 6.19. The van der Waals surface area contributed by atoms with Crippen LogP contribution in [-0.2, 0) is 6.54 Å². The minimum Gasteiger partial charge on any atom is -0.497 e. The number of ether oxygens (including phenoxy) is 1. The highest BCUT2D eigenvalue weighted by atomic mass is 16.5. The molecule has 2 fully saturated rings. The molecule has 1 aromatic carbocycles. The standard InChI is InChI=1S/C24H28N6O3/c1-32-20-7-2-5-17(13-20)22-14-21(33-28-22)15-25-24(31)30(18-9-10-18)19-6-4-12-29(16-19)23-8-3-11-26-27-23/h2-3,5,7-8,11,13-14,18-19H,4,6,9-10,12,15-16H2,1H3,(H,25,31)/t19-/m1/s1. The van der Waals surface area contributed by atoms with Crippen LogP contribution in [0.15, 0.2) is 53.2 Å². The monoisotopic (exact) mass is 448 g/mol. The van der Waals surface area contributed by atoms with Crippen LogP contribution < -0.4 is 15.0 Å². The van der Waals surface area contributed by atoms with Gasteiger partial charge in [-0.2, -0.15) is 5.10 Å². The van der Waals surface area contributed by atoms with Gasteiger partial charge in [-0.3, -0.25) is 0 Å². The molecule has 1 N–H and O–H groups in total. The molecular formula is C24H28N6O3. The second-order valence-corrected chi connectivity index (χ2v) is 8.53. The summed E-state index contributed by atoms with van der Waals surface area (Å²) >= 11 is 0. The van der Waals surface area contributed by atoms with E-state index in [0.717, 1.165) is 55.9 Å². The first-order valence-electron chi connectivity index (χ1n) is 11.4. The van der Waals surface area contributed by atoms with E-state index in [0.29, 0.717) is 24.0 Å². The Bertz CT molecular complexity index is 1080. The van der Waals surface area contributed by atoms with Crippen molar-refractivity contribution in [1.29, 1.82) is 0 Å². The van der Waals surface area contributed by atoms with Gasteiger partial charge in [0.05, 0.1) is 19.7 Å². The van der Waals surface area contributed by atoms with Gasteiger partial charge >= 0.3 is 6.03 Å². The topological polar surface area (TPSA) is 96.6 Å². The number of hydrogen-bond acceptors (Lipinski definition) is 7. The number of piperidine rings is 1. The molecular weight excluding hydrogens is 420 g/mol. The molecule has 9 heteroatoms. The quantitative estimate of drug-likeness (QED) is 0.591. The van der Waals surface area contributed by atoms with E-state index < -0.39 is 0 Å². The predicted molar refractivity (Wildman–Crippen MR) is 123 cm³/mol. The van der Waals surface area contributed by atoms with E-state index in [1.807, 2.05) is 47.4 Å². The Morgan fingerprint density at radius 1 is 1.21 bits per heavy atom.